The lowest BCUT2D eigenvalue weighted by atomic mass is 10.2. The number of hydrogen-bond donors (Lipinski definition) is 1. The molecule has 1 aromatic heterocycles. The SMILES string of the molecule is CCSC1CCC(Nc2nc(Cl)nc(N3CCCC3)n2)C1. The fourth-order valence-corrected chi connectivity index (χ4v) is 4.40. The Morgan fingerprint density at radius 3 is 2.81 bits per heavy atom. The largest absolute Gasteiger partial charge is 0.351 e. The molecule has 0 aromatic carbocycles. The first-order chi connectivity index (χ1) is 10.2. The molecule has 0 bridgehead atoms. The van der Waals surface area contributed by atoms with Crippen molar-refractivity contribution < 1.29 is 0 Å². The Kier molecular flexibility index (Phi) is 5.06. The van der Waals surface area contributed by atoms with E-state index in [1.807, 2.05) is 0 Å². The highest BCUT2D eigenvalue weighted by Crippen LogP contribution is 2.31. The number of thioether (sulfide) groups is 1. The Bertz CT molecular complexity index is 480. The molecule has 2 unspecified atom stereocenters. The number of nitrogens with one attached hydrogen (secondary N) is 1. The maximum absolute atomic E-state index is 6.06. The standard InChI is InChI=1S/C14H22ClN5S/c1-2-21-11-6-5-10(9-11)16-13-17-12(15)18-14(19-13)20-7-3-4-8-20/h10-11H,2-9H2,1H3,(H,16,17,18,19). The van der Waals surface area contributed by atoms with Crippen molar-refractivity contribution in [2.45, 2.75) is 50.3 Å². The van der Waals surface area contributed by atoms with Gasteiger partial charge in [-0.05, 0) is 49.5 Å². The fraction of sp³-hybridized carbons (Fsp3) is 0.786. The lowest BCUT2D eigenvalue weighted by molar-refractivity contribution is 0.741. The predicted octanol–water partition coefficient (Wildman–Crippen LogP) is 3.21. The molecular formula is C14H22ClN5S. The molecule has 5 nitrogen and oxygen atoms in total. The highest BCUT2D eigenvalue weighted by Gasteiger charge is 2.25. The summed E-state index contributed by atoms with van der Waals surface area (Å²) in [5, 5.41) is 4.50. The van der Waals surface area contributed by atoms with Crippen LogP contribution in [-0.2, 0) is 0 Å². The van der Waals surface area contributed by atoms with E-state index in [9.17, 15) is 0 Å². The summed E-state index contributed by atoms with van der Waals surface area (Å²) >= 11 is 8.11. The van der Waals surface area contributed by atoms with Gasteiger partial charge in [-0.25, -0.2) is 0 Å². The van der Waals surface area contributed by atoms with Gasteiger partial charge in [0, 0.05) is 24.4 Å². The molecule has 3 rings (SSSR count). The smallest absolute Gasteiger partial charge is 0.231 e. The molecule has 7 heteroatoms. The Morgan fingerprint density at radius 1 is 1.24 bits per heavy atom. The van der Waals surface area contributed by atoms with E-state index >= 15 is 0 Å². The predicted molar refractivity (Wildman–Crippen MR) is 89.5 cm³/mol. The van der Waals surface area contributed by atoms with Crippen LogP contribution in [0.3, 0.4) is 0 Å². The van der Waals surface area contributed by atoms with Crippen LogP contribution in [0.15, 0.2) is 0 Å². The van der Waals surface area contributed by atoms with Crippen LogP contribution in [0.5, 0.6) is 0 Å². The van der Waals surface area contributed by atoms with Gasteiger partial charge in [-0.2, -0.15) is 26.7 Å². The zero-order valence-electron chi connectivity index (χ0n) is 12.4. The molecular weight excluding hydrogens is 306 g/mol. The first-order valence-corrected chi connectivity index (χ1v) is 9.22. The van der Waals surface area contributed by atoms with Crippen LogP contribution >= 0.6 is 23.4 Å². The van der Waals surface area contributed by atoms with Crippen LogP contribution in [0.4, 0.5) is 11.9 Å². The minimum atomic E-state index is 0.284. The van der Waals surface area contributed by atoms with E-state index in [1.165, 1.54) is 37.9 Å². The third kappa shape index (κ3) is 3.92. The first-order valence-electron chi connectivity index (χ1n) is 7.79. The number of anilines is 2. The van der Waals surface area contributed by atoms with Gasteiger partial charge in [0.2, 0.25) is 17.2 Å². The fourth-order valence-electron chi connectivity index (χ4n) is 3.10. The Labute approximate surface area is 135 Å². The van der Waals surface area contributed by atoms with E-state index in [1.54, 1.807) is 0 Å². The van der Waals surface area contributed by atoms with E-state index in [0.29, 0.717) is 17.9 Å². The van der Waals surface area contributed by atoms with Crippen LogP contribution in [-0.4, -0.2) is 45.1 Å². The van der Waals surface area contributed by atoms with Crippen LogP contribution in [0.1, 0.15) is 39.0 Å². The zero-order valence-corrected chi connectivity index (χ0v) is 14.0. The first kappa shape index (κ1) is 15.2. The number of rotatable bonds is 5. The second-order valence-corrected chi connectivity index (χ2v) is 7.57. The van der Waals surface area contributed by atoms with Crippen molar-refractivity contribution in [3.63, 3.8) is 0 Å². The molecule has 0 spiro atoms. The molecule has 0 radical (unpaired) electrons. The number of nitrogens with zero attached hydrogens (tertiary/aromatic N) is 4. The van der Waals surface area contributed by atoms with Crippen molar-refractivity contribution in [1.29, 1.82) is 0 Å². The van der Waals surface area contributed by atoms with Crippen LogP contribution < -0.4 is 10.2 Å². The third-order valence-electron chi connectivity index (χ3n) is 4.11. The van der Waals surface area contributed by atoms with E-state index < -0.39 is 0 Å². The second kappa shape index (κ2) is 7.01. The van der Waals surface area contributed by atoms with E-state index in [4.69, 9.17) is 11.6 Å². The molecule has 2 atom stereocenters. The second-order valence-electron chi connectivity index (χ2n) is 5.65. The molecule has 1 aromatic rings. The molecule has 2 fully saturated rings. The summed E-state index contributed by atoms with van der Waals surface area (Å²) in [6.07, 6.45) is 6.03. The van der Waals surface area contributed by atoms with Crippen LogP contribution in [0.2, 0.25) is 5.28 Å². The lowest BCUT2D eigenvalue weighted by Gasteiger charge is -2.17. The molecule has 2 aliphatic rings. The zero-order chi connectivity index (χ0) is 14.7. The van der Waals surface area contributed by atoms with Crippen molar-refractivity contribution in [3.8, 4) is 0 Å². The van der Waals surface area contributed by atoms with Gasteiger partial charge in [-0.3, -0.25) is 0 Å². The molecule has 0 amide bonds. The van der Waals surface area contributed by atoms with Gasteiger partial charge in [0.1, 0.15) is 0 Å². The lowest BCUT2D eigenvalue weighted by Crippen LogP contribution is -2.23. The summed E-state index contributed by atoms with van der Waals surface area (Å²) in [4.78, 5) is 15.2. The van der Waals surface area contributed by atoms with E-state index in [-0.39, 0.29) is 5.28 Å². The molecule has 1 aliphatic heterocycles. The molecule has 116 valence electrons. The van der Waals surface area contributed by atoms with Gasteiger partial charge in [-0.15, -0.1) is 0 Å². The maximum Gasteiger partial charge on any atom is 0.231 e. The van der Waals surface area contributed by atoms with Crippen molar-refractivity contribution in [1.82, 2.24) is 15.0 Å². The molecule has 21 heavy (non-hydrogen) atoms. The Balaban J connectivity index is 1.65. The molecule has 1 N–H and O–H groups in total. The topological polar surface area (TPSA) is 53.9 Å². The van der Waals surface area contributed by atoms with Gasteiger partial charge < -0.3 is 10.2 Å². The highest BCUT2D eigenvalue weighted by atomic mass is 35.5. The van der Waals surface area contributed by atoms with E-state index in [0.717, 1.165) is 18.3 Å². The highest BCUT2D eigenvalue weighted by molar-refractivity contribution is 7.99. The summed E-state index contributed by atoms with van der Waals surface area (Å²) in [5.41, 5.74) is 0. The average Bonchev–Trinajstić information content (AvgIpc) is 3.10. The van der Waals surface area contributed by atoms with Crippen LogP contribution in [0.25, 0.3) is 0 Å². The number of halogens is 1. The van der Waals surface area contributed by atoms with Gasteiger partial charge in [0.05, 0.1) is 0 Å². The molecule has 1 saturated heterocycles. The van der Waals surface area contributed by atoms with Crippen molar-refractivity contribution >= 4 is 35.3 Å². The summed E-state index contributed by atoms with van der Waals surface area (Å²) in [6, 6.07) is 0.457. The molecule has 1 saturated carbocycles. The number of aromatic nitrogens is 3. The van der Waals surface area contributed by atoms with Gasteiger partial charge >= 0.3 is 0 Å². The third-order valence-corrected chi connectivity index (χ3v) is 5.51. The van der Waals surface area contributed by atoms with E-state index in [2.05, 4.69) is 43.9 Å². The quantitative estimate of drug-likeness (QED) is 0.896. The van der Waals surface area contributed by atoms with Gasteiger partial charge in [0.25, 0.3) is 0 Å². The normalized spacial score (nSPS) is 25.5. The summed E-state index contributed by atoms with van der Waals surface area (Å²) in [5.74, 6) is 2.53. The summed E-state index contributed by atoms with van der Waals surface area (Å²) < 4.78 is 0. The molecule has 2 heterocycles. The van der Waals surface area contributed by atoms with Crippen molar-refractivity contribution in [2.24, 2.45) is 0 Å². The summed E-state index contributed by atoms with van der Waals surface area (Å²) in [6.45, 7) is 4.25. The summed E-state index contributed by atoms with van der Waals surface area (Å²) in [7, 11) is 0. The Hall–Kier alpha value is -0.750. The number of hydrogen-bond acceptors (Lipinski definition) is 6. The van der Waals surface area contributed by atoms with Crippen molar-refractivity contribution in [3.05, 3.63) is 5.28 Å². The maximum atomic E-state index is 6.06. The minimum Gasteiger partial charge on any atom is -0.351 e. The molecule has 1 aliphatic carbocycles. The van der Waals surface area contributed by atoms with Gasteiger partial charge in [0.15, 0.2) is 0 Å². The monoisotopic (exact) mass is 327 g/mol. The van der Waals surface area contributed by atoms with Crippen molar-refractivity contribution in [2.75, 3.05) is 29.1 Å². The van der Waals surface area contributed by atoms with Gasteiger partial charge in [-0.1, -0.05) is 6.92 Å². The minimum absolute atomic E-state index is 0.284. The Morgan fingerprint density at radius 2 is 2.05 bits per heavy atom. The van der Waals surface area contributed by atoms with Crippen LogP contribution in [0, 0.1) is 0 Å². The average molecular weight is 328 g/mol.